The van der Waals surface area contributed by atoms with Crippen LogP contribution in [0.25, 0.3) is 0 Å². The molecule has 1 N–H and O–H groups in total. The van der Waals surface area contributed by atoms with Crippen LogP contribution in [0.1, 0.15) is 38.5 Å². The fourth-order valence-electron chi connectivity index (χ4n) is 1.73. The summed E-state index contributed by atoms with van der Waals surface area (Å²) >= 11 is 9.61. The van der Waals surface area contributed by atoms with Crippen molar-refractivity contribution in [1.82, 2.24) is 5.32 Å². The number of hydrogen-bond donors (Lipinski definition) is 1. The maximum absolute atomic E-state index is 11.0. The van der Waals surface area contributed by atoms with Crippen LogP contribution in [0.15, 0.2) is 0 Å². The third-order valence-corrected chi connectivity index (χ3v) is 2.96. The Labute approximate surface area is 95.4 Å². The van der Waals surface area contributed by atoms with E-state index >= 15 is 0 Å². The van der Waals surface area contributed by atoms with E-state index in [2.05, 4.69) is 17.5 Å². The fraction of sp³-hybridized carbons (Fsp3) is 0.700. The molecule has 1 aliphatic carbocycles. The highest BCUT2D eigenvalue weighted by atomic mass is 32.1. The molecule has 2 nitrogen and oxygen atoms in total. The Morgan fingerprint density at radius 1 is 1.36 bits per heavy atom. The summed E-state index contributed by atoms with van der Waals surface area (Å²) in [5, 5.41) is 4.39. The molecule has 0 atom stereocenters. The molecule has 0 unspecified atom stereocenters. The Bertz CT molecular complexity index is 234. The predicted octanol–water partition coefficient (Wildman–Crippen LogP) is 2.20. The first-order valence-corrected chi connectivity index (χ1v) is 5.87. The number of rotatable bonds is 4. The molecule has 0 aromatic rings. The zero-order valence-electron chi connectivity index (χ0n) is 8.12. The number of carbonyl (C=O) groups is 1. The first-order valence-electron chi connectivity index (χ1n) is 4.99. The van der Waals surface area contributed by atoms with Crippen molar-refractivity contribution in [2.45, 2.75) is 44.6 Å². The molecule has 0 saturated heterocycles. The van der Waals surface area contributed by atoms with Crippen LogP contribution in [0, 0.1) is 0 Å². The van der Waals surface area contributed by atoms with Gasteiger partial charge in [-0.25, -0.2) is 0 Å². The molecule has 0 aromatic carbocycles. The Hall–Kier alpha value is -0.350. The Balaban J connectivity index is 2.25. The molecule has 0 spiro atoms. The van der Waals surface area contributed by atoms with Crippen LogP contribution >= 0.6 is 24.4 Å². The van der Waals surface area contributed by atoms with E-state index in [0.717, 1.165) is 5.37 Å². The zero-order valence-corrected chi connectivity index (χ0v) is 9.76. The predicted molar refractivity (Wildman–Crippen MR) is 65.9 cm³/mol. The average Bonchev–Trinajstić information content (AvgIpc) is 2.19. The summed E-state index contributed by atoms with van der Waals surface area (Å²) < 4.78 is 0. The molecule has 1 rings (SSSR count). The molecule has 78 valence electrons. The summed E-state index contributed by atoms with van der Waals surface area (Å²) in [5.41, 5.74) is 0. The minimum atomic E-state index is -0.0756. The molecular weight excluding hydrogens is 214 g/mol. The number of Topliss-reactive ketones (excluding diaryl/α,β-unsaturated/α-hetero) is 1. The maximum Gasteiger partial charge on any atom is 0.173 e. The lowest BCUT2D eigenvalue weighted by atomic mass is 9.95. The second-order valence-corrected chi connectivity index (χ2v) is 4.39. The van der Waals surface area contributed by atoms with E-state index in [1.165, 1.54) is 32.1 Å². The molecule has 14 heavy (non-hydrogen) atoms. The van der Waals surface area contributed by atoms with E-state index in [9.17, 15) is 4.79 Å². The fourth-order valence-corrected chi connectivity index (χ4v) is 2.12. The lowest BCUT2D eigenvalue weighted by molar-refractivity contribution is -0.111. The van der Waals surface area contributed by atoms with Crippen LogP contribution in [0.2, 0.25) is 0 Å². The molecule has 1 fully saturated rings. The Kier molecular flexibility index (Phi) is 5.19. The Morgan fingerprint density at radius 3 is 2.57 bits per heavy atom. The van der Waals surface area contributed by atoms with Crippen LogP contribution < -0.4 is 5.32 Å². The first kappa shape index (κ1) is 11.7. The highest BCUT2D eigenvalue weighted by molar-refractivity contribution is 7.81. The highest BCUT2D eigenvalue weighted by Gasteiger charge is 2.14. The van der Waals surface area contributed by atoms with Gasteiger partial charge >= 0.3 is 0 Å². The van der Waals surface area contributed by atoms with Crippen LogP contribution in [-0.2, 0) is 4.79 Å². The summed E-state index contributed by atoms with van der Waals surface area (Å²) in [6.45, 7) is 0. The number of thiocarbonyl (C=S) groups is 2. The summed E-state index contributed by atoms with van der Waals surface area (Å²) in [6.07, 6.45) is 6.47. The summed E-state index contributed by atoms with van der Waals surface area (Å²) in [6, 6.07) is 0.481. The van der Waals surface area contributed by atoms with Crippen LogP contribution in [-0.4, -0.2) is 22.2 Å². The van der Waals surface area contributed by atoms with Gasteiger partial charge in [-0.15, -0.1) is 0 Å². The van der Waals surface area contributed by atoms with Crippen molar-refractivity contribution >= 4 is 40.6 Å². The molecule has 0 heterocycles. The zero-order chi connectivity index (χ0) is 10.4. The second-order valence-electron chi connectivity index (χ2n) is 3.66. The number of carbonyl (C=O) groups excluding carboxylic acids is 1. The number of hydrogen-bond acceptors (Lipinski definition) is 3. The van der Waals surface area contributed by atoms with Gasteiger partial charge < -0.3 is 5.32 Å². The molecule has 1 saturated carbocycles. The third kappa shape index (κ3) is 4.24. The van der Waals surface area contributed by atoms with Gasteiger partial charge in [0.1, 0.15) is 0 Å². The molecule has 0 amide bonds. The normalized spacial score (nSPS) is 17.4. The van der Waals surface area contributed by atoms with Gasteiger partial charge in [0.2, 0.25) is 0 Å². The number of ketones is 1. The topological polar surface area (TPSA) is 29.1 Å². The maximum atomic E-state index is 11.0. The SMILES string of the molecule is O=C(C=S)CC(=S)NC1CCCCC1. The van der Waals surface area contributed by atoms with E-state index in [0.29, 0.717) is 11.0 Å². The molecule has 0 aliphatic heterocycles. The van der Waals surface area contributed by atoms with Crippen LogP contribution in [0.5, 0.6) is 0 Å². The van der Waals surface area contributed by atoms with Gasteiger partial charge in [0, 0.05) is 11.4 Å². The minimum Gasteiger partial charge on any atom is -0.377 e. The monoisotopic (exact) mass is 229 g/mol. The summed E-state index contributed by atoms with van der Waals surface area (Å²) in [7, 11) is 0. The van der Waals surface area contributed by atoms with Gasteiger partial charge in [-0.05, 0) is 12.8 Å². The lowest BCUT2D eigenvalue weighted by Crippen LogP contribution is -2.36. The molecule has 0 radical (unpaired) electrons. The minimum absolute atomic E-state index is 0.0756. The summed E-state index contributed by atoms with van der Waals surface area (Å²) in [4.78, 5) is 11.6. The van der Waals surface area contributed by atoms with Crippen molar-refractivity contribution in [1.29, 1.82) is 0 Å². The lowest BCUT2D eigenvalue weighted by Gasteiger charge is -2.23. The highest BCUT2D eigenvalue weighted by Crippen LogP contribution is 2.17. The quantitative estimate of drug-likeness (QED) is 0.748. The van der Waals surface area contributed by atoms with Crippen molar-refractivity contribution in [2.75, 3.05) is 0 Å². The van der Waals surface area contributed by atoms with E-state index < -0.39 is 0 Å². The van der Waals surface area contributed by atoms with Crippen molar-refractivity contribution in [3.63, 3.8) is 0 Å². The van der Waals surface area contributed by atoms with Gasteiger partial charge in [-0.3, -0.25) is 4.79 Å². The van der Waals surface area contributed by atoms with Crippen molar-refractivity contribution in [2.24, 2.45) is 0 Å². The van der Waals surface area contributed by atoms with Crippen LogP contribution in [0.4, 0.5) is 0 Å². The summed E-state index contributed by atoms with van der Waals surface area (Å²) in [5.74, 6) is -0.0756. The van der Waals surface area contributed by atoms with Crippen molar-refractivity contribution in [3.8, 4) is 0 Å². The first-order chi connectivity index (χ1) is 6.72. The largest absolute Gasteiger partial charge is 0.377 e. The van der Waals surface area contributed by atoms with E-state index in [1.807, 2.05) is 0 Å². The van der Waals surface area contributed by atoms with Gasteiger partial charge in [0.05, 0.1) is 11.4 Å². The standard InChI is InChI=1S/C10H15NOS2/c12-9(7-13)6-10(14)11-8-4-2-1-3-5-8/h7-8H,1-6H2,(H,11,14). The Morgan fingerprint density at radius 2 is 2.00 bits per heavy atom. The smallest absolute Gasteiger partial charge is 0.173 e. The molecule has 0 bridgehead atoms. The van der Waals surface area contributed by atoms with E-state index in [-0.39, 0.29) is 12.2 Å². The average molecular weight is 229 g/mol. The van der Waals surface area contributed by atoms with Crippen LogP contribution in [0.3, 0.4) is 0 Å². The van der Waals surface area contributed by atoms with Gasteiger partial charge in [-0.2, -0.15) is 0 Å². The molecule has 0 aromatic heterocycles. The van der Waals surface area contributed by atoms with E-state index in [4.69, 9.17) is 12.2 Å². The van der Waals surface area contributed by atoms with Gasteiger partial charge in [0.15, 0.2) is 5.78 Å². The van der Waals surface area contributed by atoms with Gasteiger partial charge in [-0.1, -0.05) is 43.7 Å². The number of nitrogens with one attached hydrogen (secondary N) is 1. The van der Waals surface area contributed by atoms with E-state index in [1.54, 1.807) is 0 Å². The van der Waals surface area contributed by atoms with Gasteiger partial charge in [0.25, 0.3) is 0 Å². The van der Waals surface area contributed by atoms with Crippen molar-refractivity contribution in [3.05, 3.63) is 0 Å². The molecule has 4 heteroatoms. The molecular formula is C10H15NOS2. The molecule has 1 aliphatic rings. The third-order valence-electron chi connectivity index (χ3n) is 2.44. The second kappa shape index (κ2) is 6.19. The van der Waals surface area contributed by atoms with Crippen molar-refractivity contribution < 1.29 is 4.79 Å².